The molecule has 0 N–H and O–H groups in total. The Morgan fingerprint density at radius 3 is 2.75 bits per heavy atom. The molecule has 0 aliphatic carbocycles. The van der Waals surface area contributed by atoms with Gasteiger partial charge in [0.15, 0.2) is 5.60 Å². The van der Waals surface area contributed by atoms with Gasteiger partial charge in [-0.25, -0.2) is 13.8 Å². The van der Waals surface area contributed by atoms with E-state index in [4.69, 9.17) is 4.74 Å². The fourth-order valence-corrected chi connectivity index (χ4v) is 2.90. The van der Waals surface area contributed by atoms with Crippen molar-refractivity contribution in [3.05, 3.63) is 52.0 Å². The molecule has 5 heteroatoms. The van der Waals surface area contributed by atoms with Gasteiger partial charge in [-0.15, -0.1) is 11.3 Å². The summed E-state index contributed by atoms with van der Waals surface area (Å²) in [5.74, 6) is 0.499. The van der Waals surface area contributed by atoms with Crippen molar-refractivity contribution in [2.24, 2.45) is 0 Å². The molecular formula is C15H13F2NOS. The van der Waals surface area contributed by atoms with Gasteiger partial charge in [0, 0.05) is 22.7 Å². The highest BCUT2D eigenvalue weighted by Gasteiger charge is 2.37. The standard InChI is InChI=1S/C15H13F2NOS/c1-10-2-3-13-11(6-10)12(14-18-4-5-20-14)7-15(8-16,9-17)19-13/h2-7H,8-9H2,1H3. The third-order valence-corrected chi connectivity index (χ3v) is 4.07. The summed E-state index contributed by atoms with van der Waals surface area (Å²) in [6, 6.07) is 5.57. The zero-order valence-corrected chi connectivity index (χ0v) is 11.7. The monoisotopic (exact) mass is 293 g/mol. The highest BCUT2D eigenvalue weighted by molar-refractivity contribution is 7.10. The van der Waals surface area contributed by atoms with E-state index >= 15 is 0 Å². The normalized spacial score (nSPS) is 16.2. The number of thiazole rings is 1. The van der Waals surface area contributed by atoms with Crippen LogP contribution in [0.1, 0.15) is 16.1 Å². The lowest BCUT2D eigenvalue weighted by Crippen LogP contribution is -2.41. The second-order valence-electron chi connectivity index (χ2n) is 4.83. The van der Waals surface area contributed by atoms with Crippen LogP contribution in [0.3, 0.4) is 0 Å². The largest absolute Gasteiger partial charge is 0.477 e. The first-order valence-corrected chi connectivity index (χ1v) is 7.10. The van der Waals surface area contributed by atoms with Gasteiger partial charge in [0.25, 0.3) is 0 Å². The maximum atomic E-state index is 13.3. The molecule has 2 heterocycles. The van der Waals surface area contributed by atoms with Crippen LogP contribution in [0.25, 0.3) is 5.57 Å². The molecule has 0 saturated heterocycles. The van der Waals surface area contributed by atoms with E-state index in [1.807, 2.05) is 24.4 Å². The Morgan fingerprint density at radius 1 is 1.30 bits per heavy atom. The minimum atomic E-state index is -1.54. The van der Waals surface area contributed by atoms with Crippen LogP contribution in [-0.2, 0) is 0 Å². The quantitative estimate of drug-likeness (QED) is 0.854. The van der Waals surface area contributed by atoms with E-state index in [0.29, 0.717) is 5.75 Å². The zero-order chi connectivity index (χ0) is 14.2. The van der Waals surface area contributed by atoms with Crippen LogP contribution >= 0.6 is 11.3 Å². The first-order valence-electron chi connectivity index (χ1n) is 6.22. The number of ether oxygens (including phenoxy) is 1. The second kappa shape index (κ2) is 4.98. The first kappa shape index (κ1) is 13.2. The van der Waals surface area contributed by atoms with Gasteiger partial charge in [0.2, 0.25) is 0 Å². The van der Waals surface area contributed by atoms with Gasteiger partial charge in [-0.2, -0.15) is 0 Å². The lowest BCUT2D eigenvalue weighted by Gasteiger charge is -2.32. The van der Waals surface area contributed by atoms with Crippen LogP contribution in [0, 0.1) is 6.92 Å². The van der Waals surface area contributed by atoms with Crippen molar-refractivity contribution in [2.45, 2.75) is 12.5 Å². The summed E-state index contributed by atoms with van der Waals surface area (Å²) >= 11 is 1.44. The van der Waals surface area contributed by atoms with Crippen LogP contribution in [-0.4, -0.2) is 23.9 Å². The number of aryl methyl sites for hydroxylation is 1. The van der Waals surface area contributed by atoms with E-state index < -0.39 is 19.0 Å². The van der Waals surface area contributed by atoms with Crippen LogP contribution < -0.4 is 4.74 Å². The number of benzene rings is 1. The molecule has 20 heavy (non-hydrogen) atoms. The number of hydrogen-bond acceptors (Lipinski definition) is 3. The average molecular weight is 293 g/mol. The molecule has 104 valence electrons. The lowest BCUT2D eigenvalue weighted by atomic mass is 9.93. The maximum absolute atomic E-state index is 13.3. The van der Waals surface area contributed by atoms with Crippen molar-refractivity contribution in [1.82, 2.24) is 4.98 Å². The Bertz CT molecular complexity index is 648. The first-order chi connectivity index (χ1) is 9.67. The Morgan fingerprint density at radius 2 is 2.10 bits per heavy atom. The second-order valence-corrected chi connectivity index (χ2v) is 5.72. The zero-order valence-electron chi connectivity index (χ0n) is 10.9. The smallest absolute Gasteiger partial charge is 0.184 e. The number of halogens is 2. The van der Waals surface area contributed by atoms with Crippen LogP contribution in [0.5, 0.6) is 5.75 Å². The average Bonchev–Trinajstić information content (AvgIpc) is 3.00. The van der Waals surface area contributed by atoms with E-state index in [1.54, 1.807) is 12.3 Å². The SMILES string of the molecule is Cc1ccc2c(c1)C(c1nccs1)=CC(CF)(CF)O2. The molecule has 1 aliphatic heterocycles. The van der Waals surface area contributed by atoms with Gasteiger partial charge in [0.1, 0.15) is 24.1 Å². The van der Waals surface area contributed by atoms with E-state index in [1.165, 1.54) is 17.4 Å². The summed E-state index contributed by atoms with van der Waals surface area (Å²) in [7, 11) is 0. The van der Waals surface area contributed by atoms with E-state index in [-0.39, 0.29) is 0 Å². The van der Waals surface area contributed by atoms with Gasteiger partial charge in [-0.05, 0) is 25.1 Å². The van der Waals surface area contributed by atoms with Crippen molar-refractivity contribution >= 4 is 16.9 Å². The Hall–Kier alpha value is -1.75. The highest BCUT2D eigenvalue weighted by Crippen LogP contribution is 2.40. The molecule has 1 aliphatic rings. The molecule has 3 rings (SSSR count). The van der Waals surface area contributed by atoms with E-state index in [9.17, 15) is 8.78 Å². The highest BCUT2D eigenvalue weighted by atomic mass is 32.1. The fraction of sp³-hybridized carbons (Fsp3) is 0.267. The number of rotatable bonds is 3. The summed E-state index contributed by atoms with van der Waals surface area (Å²) in [5.41, 5.74) is 1.09. The molecule has 0 spiro atoms. The van der Waals surface area contributed by atoms with Crippen molar-refractivity contribution in [3.8, 4) is 5.75 Å². The lowest BCUT2D eigenvalue weighted by molar-refractivity contribution is 0.0594. The van der Waals surface area contributed by atoms with E-state index in [0.717, 1.165) is 21.7 Å². The molecule has 0 saturated carbocycles. The van der Waals surface area contributed by atoms with Crippen molar-refractivity contribution in [3.63, 3.8) is 0 Å². The molecule has 1 aromatic heterocycles. The summed E-state index contributed by atoms with van der Waals surface area (Å²) in [6.45, 7) is 0.142. The molecule has 2 aromatic rings. The van der Waals surface area contributed by atoms with Crippen LogP contribution in [0.15, 0.2) is 35.9 Å². The van der Waals surface area contributed by atoms with Crippen molar-refractivity contribution in [1.29, 1.82) is 0 Å². The maximum Gasteiger partial charge on any atom is 0.184 e. The summed E-state index contributed by atoms with van der Waals surface area (Å²) in [5, 5.41) is 2.58. The fourth-order valence-electron chi connectivity index (χ4n) is 2.23. The van der Waals surface area contributed by atoms with Gasteiger partial charge < -0.3 is 4.74 Å². The third-order valence-electron chi connectivity index (χ3n) is 3.26. The predicted octanol–water partition coefficient (Wildman–Crippen LogP) is 3.95. The molecule has 0 amide bonds. The molecule has 0 radical (unpaired) electrons. The predicted molar refractivity (Wildman–Crippen MR) is 75.7 cm³/mol. The van der Waals surface area contributed by atoms with Gasteiger partial charge in [0.05, 0.1) is 0 Å². The van der Waals surface area contributed by atoms with Crippen molar-refractivity contribution in [2.75, 3.05) is 13.3 Å². The number of hydrogen-bond donors (Lipinski definition) is 0. The number of aromatic nitrogens is 1. The number of nitrogens with zero attached hydrogens (tertiary/aromatic N) is 1. The number of alkyl halides is 2. The number of fused-ring (bicyclic) bond motifs is 1. The Labute approximate surface area is 119 Å². The Balaban J connectivity index is 2.21. The Kier molecular flexibility index (Phi) is 3.30. The van der Waals surface area contributed by atoms with Gasteiger partial charge in [-0.3, -0.25) is 0 Å². The molecule has 0 bridgehead atoms. The molecule has 2 nitrogen and oxygen atoms in total. The molecular weight excluding hydrogens is 280 g/mol. The topological polar surface area (TPSA) is 22.1 Å². The third kappa shape index (κ3) is 2.12. The van der Waals surface area contributed by atoms with E-state index in [2.05, 4.69) is 4.98 Å². The molecule has 1 aromatic carbocycles. The van der Waals surface area contributed by atoms with Crippen molar-refractivity contribution < 1.29 is 13.5 Å². The summed E-state index contributed by atoms with van der Waals surface area (Å²) in [6.07, 6.45) is 3.20. The minimum Gasteiger partial charge on any atom is -0.477 e. The van der Waals surface area contributed by atoms with Crippen LogP contribution in [0.4, 0.5) is 8.78 Å². The molecule has 0 fully saturated rings. The molecule has 0 unspecified atom stereocenters. The van der Waals surface area contributed by atoms with Crippen LogP contribution in [0.2, 0.25) is 0 Å². The molecule has 0 atom stereocenters. The summed E-state index contributed by atoms with van der Waals surface area (Å²) in [4.78, 5) is 4.25. The minimum absolute atomic E-state index is 0.499. The van der Waals surface area contributed by atoms with Gasteiger partial charge >= 0.3 is 0 Å². The summed E-state index contributed by atoms with van der Waals surface area (Å²) < 4.78 is 32.1. The van der Waals surface area contributed by atoms with Gasteiger partial charge in [-0.1, -0.05) is 11.6 Å².